The topological polar surface area (TPSA) is 270 Å². The molecule has 1 saturated heterocycles. The molecule has 32 heavy (non-hydrogen) atoms. The standard InChI is InChI=1S/C11H17FN5O12P3/c12-11(31(22,23)29-32(24,25)26)30(20,21)27-1-4-6(18)7(19)10(28-4)17-3-16-5-8(13)14-2-15-9(5)17/h2-4,6-7,10-11,18-19H,1H2,(H,20,21)(H,22,23)(H2,13,14,15)(H2,24,25,26)/t4?,6?,7?,10?,11-/m1/s1. The van der Waals surface area contributed by atoms with Gasteiger partial charge in [-0.1, -0.05) is 0 Å². The highest BCUT2D eigenvalue weighted by Gasteiger charge is 2.53. The van der Waals surface area contributed by atoms with Gasteiger partial charge in [-0.15, -0.1) is 0 Å². The Morgan fingerprint density at radius 1 is 1.12 bits per heavy atom. The molecular formula is C11H17FN5O12P3. The Morgan fingerprint density at radius 2 is 1.78 bits per heavy atom. The van der Waals surface area contributed by atoms with Crippen molar-refractivity contribution >= 4 is 40.0 Å². The second-order valence-corrected chi connectivity index (χ2v) is 11.9. The van der Waals surface area contributed by atoms with Gasteiger partial charge in [0.2, 0.25) is 0 Å². The molecule has 1 aliphatic rings. The first kappa shape index (κ1) is 25.2. The first-order valence-corrected chi connectivity index (χ1v) is 13.1. The number of imidazole rings is 1. The van der Waals surface area contributed by atoms with Crippen LogP contribution >= 0.6 is 23.0 Å². The molecule has 0 saturated carbocycles. The van der Waals surface area contributed by atoms with Crippen LogP contribution in [0.4, 0.5) is 10.2 Å². The van der Waals surface area contributed by atoms with E-state index in [2.05, 4.69) is 23.8 Å². The summed E-state index contributed by atoms with van der Waals surface area (Å²) in [5.74, 6) is 0.0165. The van der Waals surface area contributed by atoms with Gasteiger partial charge < -0.3 is 44.8 Å². The number of aromatic nitrogens is 4. The first-order chi connectivity index (χ1) is 14.6. The molecule has 0 aliphatic carbocycles. The van der Waals surface area contributed by atoms with E-state index in [1.807, 2.05) is 0 Å². The van der Waals surface area contributed by atoms with Crippen LogP contribution in [0.25, 0.3) is 11.2 Å². The van der Waals surface area contributed by atoms with E-state index in [1.165, 1.54) is 4.57 Å². The van der Waals surface area contributed by atoms with Gasteiger partial charge in [0.15, 0.2) is 17.7 Å². The fraction of sp³-hybridized carbons (Fsp3) is 0.545. The number of aliphatic hydroxyl groups excluding tert-OH is 2. The van der Waals surface area contributed by atoms with E-state index >= 15 is 0 Å². The van der Waals surface area contributed by atoms with Crippen LogP contribution in [0.15, 0.2) is 12.7 Å². The Bertz CT molecular complexity index is 1140. The van der Waals surface area contributed by atoms with Crippen molar-refractivity contribution in [3.05, 3.63) is 12.7 Å². The smallest absolute Gasteiger partial charge is 0.387 e. The van der Waals surface area contributed by atoms with Crippen LogP contribution in [0.5, 0.6) is 0 Å². The van der Waals surface area contributed by atoms with Gasteiger partial charge in [0.25, 0.3) is 0 Å². The molecule has 17 nitrogen and oxygen atoms in total. The molecule has 8 N–H and O–H groups in total. The van der Waals surface area contributed by atoms with Crippen molar-refractivity contribution in [3.63, 3.8) is 0 Å². The number of rotatable bonds is 8. The van der Waals surface area contributed by atoms with Crippen molar-refractivity contribution in [1.82, 2.24) is 19.5 Å². The second kappa shape index (κ2) is 8.76. The summed E-state index contributed by atoms with van der Waals surface area (Å²) >= 11 is 0. The summed E-state index contributed by atoms with van der Waals surface area (Å²) < 4.78 is 62.4. The molecule has 0 radical (unpaired) electrons. The summed E-state index contributed by atoms with van der Waals surface area (Å²) in [6, 6.07) is 0. The van der Waals surface area contributed by atoms with Gasteiger partial charge in [-0.2, -0.15) is 0 Å². The highest BCUT2D eigenvalue weighted by molar-refractivity contribution is 7.74. The van der Waals surface area contributed by atoms with E-state index in [0.29, 0.717) is 0 Å². The van der Waals surface area contributed by atoms with E-state index in [-0.39, 0.29) is 17.0 Å². The van der Waals surface area contributed by atoms with Gasteiger partial charge in [0, 0.05) is 0 Å². The first-order valence-electron chi connectivity index (χ1n) is 8.29. The lowest BCUT2D eigenvalue weighted by Crippen LogP contribution is -2.33. The number of nitrogens with zero attached hydrogens (tertiary/aromatic N) is 4. The molecule has 0 amide bonds. The third-order valence-corrected chi connectivity index (χ3v) is 9.32. The summed E-state index contributed by atoms with van der Waals surface area (Å²) in [4.78, 5) is 47.5. The van der Waals surface area contributed by atoms with E-state index in [1.54, 1.807) is 0 Å². The Morgan fingerprint density at radius 3 is 2.41 bits per heavy atom. The van der Waals surface area contributed by atoms with Crippen molar-refractivity contribution in [2.24, 2.45) is 0 Å². The summed E-state index contributed by atoms with van der Waals surface area (Å²) in [6.45, 7) is -1.08. The van der Waals surface area contributed by atoms with Gasteiger partial charge >= 0.3 is 28.7 Å². The number of phosphoric acid groups is 1. The third-order valence-electron chi connectivity index (χ3n) is 4.18. The zero-order valence-electron chi connectivity index (χ0n) is 15.5. The van der Waals surface area contributed by atoms with Crippen LogP contribution in [0, 0.1) is 0 Å². The minimum absolute atomic E-state index is 0.0165. The zero-order valence-corrected chi connectivity index (χ0v) is 18.2. The number of halogens is 1. The molecule has 0 spiro atoms. The number of nitrogen functional groups attached to an aromatic ring is 1. The molecule has 2 aromatic heterocycles. The lowest BCUT2D eigenvalue weighted by molar-refractivity contribution is -0.0488. The van der Waals surface area contributed by atoms with Crippen molar-refractivity contribution in [1.29, 1.82) is 0 Å². The minimum atomic E-state index is -5.96. The predicted octanol–water partition coefficient (Wildman–Crippen LogP) is -1.22. The van der Waals surface area contributed by atoms with Gasteiger partial charge in [-0.3, -0.25) is 13.7 Å². The summed E-state index contributed by atoms with van der Waals surface area (Å²) in [5, 5.41) is 20.4. The summed E-state index contributed by atoms with van der Waals surface area (Å²) in [5.41, 5.74) is 2.18. The van der Waals surface area contributed by atoms with Gasteiger partial charge in [0.05, 0.1) is 12.9 Å². The summed E-state index contributed by atoms with van der Waals surface area (Å²) in [6.07, 6.45) is -4.04. The number of alkyl halides is 1. The van der Waals surface area contributed by atoms with Gasteiger partial charge in [-0.05, 0) is 0 Å². The number of aliphatic hydroxyl groups is 2. The minimum Gasteiger partial charge on any atom is -0.387 e. The normalized spacial score (nSPS) is 29.0. The van der Waals surface area contributed by atoms with Crippen LogP contribution in [-0.4, -0.2) is 79.9 Å². The number of hydrogen-bond donors (Lipinski definition) is 7. The monoisotopic (exact) mass is 523 g/mol. The molecular weight excluding hydrogens is 506 g/mol. The van der Waals surface area contributed by atoms with Crippen LogP contribution in [0.1, 0.15) is 6.23 Å². The van der Waals surface area contributed by atoms with E-state index < -0.39 is 59.8 Å². The molecule has 6 unspecified atom stereocenters. The Balaban J connectivity index is 1.73. The number of nitrogens with two attached hydrogens (primary N) is 1. The molecule has 3 rings (SSSR count). The third kappa shape index (κ3) is 5.07. The SMILES string of the molecule is Nc1ncnc2c1ncn2C1OC(COP(=O)(O)[C@@H](F)P(=O)(O)OP(=O)(O)O)C(O)C1O. The molecule has 0 bridgehead atoms. The maximum atomic E-state index is 14.0. The van der Waals surface area contributed by atoms with Crippen LogP contribution < -0.4 is 5.73 Å². The predicted molar refractivity (Wildman–Crippen MR) is 99.3 cm³/mol. The molecule has 2 aromatic rings. The number of hydrogen-bond acceptors (Lipinski definition) is 12. The molecule has 0 aromatic carbocycles. The molecule has 180 valence electrons. The zero-order chi connectivity index (χ0) is 24.1. The van der Waals surface area contributed by atoms with Gasteiger partial charge in [-0.25, -0.2) is 28.2 Å². The quantitative estimate of drug-likeness (QED) is 0.200. The Kier molecular flexibility index (Phi) is 6.91. The van der Waals surface area contributed by atoms with Crippen LogP contribution in [0.2, 0.25) is 0 Å². The molecule has 21 heteroatoms. The average Bonchev–Trinajstić information content (AvgIpc) is 3.21. The van der Waals surface area contributed by atoms with E-state index in [4.69, 9.17) is 20.3 Å². The van der Waals surface area contributed by atoms with Crippen molar-refractivity contribution in [2.75, 3.05) is 12.3 Å². The van der Waals surface area contributed by atoms with Gasteiger partial charge in [0.1, 0.15) is 30.2 Å². The van der Waals surface area contributed by atoms with Crippen molar-refractivity contribution in [2.45, 2.75) is 30.2 Å². The molecule has 3 heterocycles. The maximum Gasteiger partial charge on any atom is 0.476 e. The molecule has 1 aliphatic heterocycles. The lowest BCUT2D eigenvalue weighted by atomic mass is 10.1. The molecule has 7 atom stereocenters. The number of fused-ring (bicyclic) bond motifs is 1. The average molecular weight is 523 g/mol. The highest BCUT2D eigenvalue weighted by Crippen LogP contribution is 2.70. The fourth-order valence-electron chi connectivity index (χ4n) is 2.77. The van der Waals surface area contributed by atoms with E-state index in [9.17, 15) is 38.1 Å². The van der Waals surface area contributed by atoms with Crippen molar-refractivity contribution in [3.8, 4) is 0 Å². The Labute approximate surface area is 176 Å². The second-order valence-electron chi connectivity index (χ2n) is 6.44. The fourth-order valence-corrected chi connectivity index (χ4v) is 6.84. The van der Waals surface area contributed by atoms with E-state index in [0.717, 1.165) is 12.7 Å². The number of ether oxygens (including phenoxy) is 1. The maximum absolute atomic E-state index is 14.0. The largest absolute Gasteiger partial charge is 0.476 e. The lowest BCUT2D eigenvalue weighted by Gasteiger charge is -2.22. The van der Waals surface area contributed by atoms with Crippen LogP contribution in [-0.2, 0) is 27.3 Å². The number of anilines is 1. The van der Waals surface area contributed by atoms with Crippen LogP contribution in [0.3, 0.4) is 0 Å². The Hall–Kier alpha value is -1.39. The van der Waals surface area contributed by atoms with Crippen molar-refractivity contribution < 1.29 is 61.4 Å². The molecule has 1 fully saturated rings. The highest BCUT2D eigenvalue weighted by atomic mass is 31.3. The summed E-state index contributed by atoms with van der Waals surface area (Å²) in [7, 11) is -17.3.